The summed E-state index contributed by atoms with van der Waals surface area (Å²) in [5, 5.41) is 9.33. The van der Waals surface area contributed by atoms with Gasteiger partial charge in [-0.1, -0.05) is 6.92 Å². The number of halogens is 3. The summed E-state index contributed by atoms with van der Waals surface area (Å²) >= 11 is 0. The molecule has 0 aromatic heterocycles. The molecule has 0 atom stereocenters. The highest BCUT2D eigenvalue weighted by atomic mass is 19.4. The van der Waals surface area contributed by atoms with Gasteiger partial charge < -0.3 is 5.11 Å². The highest BCUT2D eigenvalue weighted by Gasteiger charge is 2.33. The van der Waals surface area contributed by atoms with Crippen molar-refractivity contribution in [1.29, 1.82) is 0 Å². The summed E-state index contributed by atoms with van der Waals surface area (Å²) in [6.45, 7) is 4.90. The summed E-state index contributed by atoms with van der Waals surface area (Å²) in [5.74, 6) is -1.84. The Bertz CT molecular complexity index is 144. The first-order chi connectivity index (χ1) is 4.68. The third-order valence-electron chi connectivity index (χ3n) is 0.399. The summed E-state index contributed by atoms with van der Waals surface area (Å²) in [6, 6.07) is 0. The molecule has 0 aromatic rings. The van der Waals surface area contributed by atoms with Crippen molar-refractivity contribution in [3.63, 3.8) is 0 Å². The molecule has 0 saturated heterocycles. The molecule has 0 amide bonds. The maximum atomic E-state index is 10.8. The van der Waals surface area contributed by atoms with E-state index in [1.54, 1.807) is 0 Å². The van der Waals surface area contributed by atoms with Crippen molar-refractivity contribution in [2.45, 2.75) is 20.0 Å². The summed E-state index contributed by atoms with van der Waals surface area (Å²) in [5.41, 5.74) is 0. The van der Waals surface area contributed by atoms with Crippen molar-refractivity contribution in [1.82, 2.24) is 0 Å². The average Bonchev–Trinajstić information content (AvgIpc) is 1.59. The molecule has 0 bridgehead atoms. The van der Waals surface area contributed by atoms with Crippen LogP contribution in [0.4, 0.5) is 13.2 Å². The molecule has 0 fully saturated rings. The van der Waals surface area contributed by atoms with E-state index >= 15 is 0 Å². The molecule has 2 nitrogen and oxygen atoms in total. The zero-order valence-corrected chi connectivity index (χ0v) is 6.16. The van der Waals surface area contributed by atoms with Crippen molar-refractivity contribution < 1.29 is 23.1 Å². The predicted molar refractivity (Wildman–Crippen MR) is 31.5 cm³/mol. The standard InChI is InChI=1S/C3H3F3O.C3H6O/c1-2(7)3(4,5)6;1-3(2)4/h1H3;4H,1H2,2H3/p-1. The summed E-state index contributed by atoms with van der Waals surface area (Å²) in [4.78, 5) is 9.34. The van der Waals surface area contributed by atoms with Crippen LogP contribution < -0.4 is 5.11 Å². The Morgan fingerprint density at radius 3 is 1.45 bits per heavy atom. The molecule has 0 aliphatic heterocycles. The van der Waals surface area contributed by atoms with E-state index < -0.39 is 12.0 Å². The predicted octanol–water partition coefficient (Wildman–Crippen LogP) is 1.02. The molecule has 0 spiro atoms. The Kier molecular flexibility index (Phi) is 5.48. The minimum atomic E-state index is -4.64. The van der Waals surface area contributed by atoms with E-state index in [2.05, 4.69) is 6.58 Å². The van der Waals surface area contributed by atoms with Gasteiger partial charge in [-0.3, -0.25) is 4.79 Å². The maximum absolute atomic E-state index is 10.8. The Labute approximate surface area is 62.3 Å². The number of ketones is 1. The first-order valence-corrected chi connectivity index (χ1v) is 2.58. The van der Waals surface area contributed by atoms with Gasteiger partial charge in [-0.25, -0.2) is 0 Å². The van der Waals surface area contributed by atoms with Crippen LogP contribution >= 0.6 is 0 Å². The molecule has 0 radical (unpaired) electrons. The van der Waals surface area contributed by atoms with Crippen LogP contribution in [0.3, 0.4) is 0 Å². The van der Waals surface area contributed by atoms with Crippen LogP contribution in [0, 0.1) is 0 Å². The Hall–Kier alpha value is -1.00. The normalized spacial score (nSPS) is 9.55. The second-order valence-electron chi connectivity index (χ2n) is 1.76. The van der Waals surface area contributed by atoms with Crippen molar-refractivity contribution in [2.75, 3.05) is 0 Å². The third kappa shape index (κ3) is 17.6. The molecule has 0 unspecified atom stereocenters. The van der Waals surface area contributed by atoms with Crippen LogP contribution in [0.2, 0.25) is 0 Å². The van der Waals surface area contributed by atoms with Crippen molar-refractivity contribution in [3.05, 3.63) is 12.3 Å². The number of carbonyl (C=O) groups excluding carboxylic acids is 1. The van der Waals surface area contributed by atoms with E-state index in [9.17, 15) is 23.1 Å². The van der Waals surface area contributed by atoms with Gasteiger partial charge in [0, 0.05) is 6.92 Å². The molecular weight excluding hydrogens is 161 g/mol. The van der Waals surface area contributed by atoms with Crippen LogP contribution in [0.1, 0.15) is 13.8 Å². The fourth-order valence-corrected chi connectivity index (χ4v) is 0. The fraction of sp³-hybridized carbons (Fsp3) is 0.500. The summed E-state index contributed by atoms with van der Waals surface area (Å²) in [7, 11) is 0. The van der Waals surface area contributed by atoms with E-state index in [1.807, 2.05) is 0 Å². The molecule has 0 aliphatic rings. The summed E-state index contributed by atoms with van der Waals surface area (Å²) < 4.78 is 32.5. The number of hydrogen-bond acceptors (Lipinski definition) is 2. The van der Waals surface area contributed by atoms with Crippen LogP contribution in [0.5, 0.6) is 0 Å². The lowest BCUT2D eigenvalue weighted by atomic mass is 10.5. The topological polar surface area (TPSA) is 40.1 Å². The number of hydrogen-bond donors (Lipinski definition) is 0. The first-order valence-electron chi connectivity index (χ1n) is 2.58. The van der Waals surface area contributed by atoms with Crippen LogP contribution in [-0.2, 0) is 4.79 Å². The minimum absolute atomic E-state index is 0.0833. The van der Waals surface area contributed by atoms with Gasteiger partial charge in [-0.05, 0) is 0 Å². The van der Waals surface area contributed by atoms with Crippen molar-refractivity contribution >= 4 is 5.78 Å². The van der Waals surface area contributed by atoms with E-state index in [1.165, 1.54) is 6.92 Å². The zero-order valence-electron chi connectivity index (χ0n) is 6.16. The minimum Gasteiger partial charge on any atom is -0.876 e. The Morgan fingerprint density at radius 2 is 1.45 bits per heavy atom. The second kappa shape index (κ2) is 4.76. The van der Waals surface area contributed by atoms with E-state index in [0.29, 0.717) is 6.92 Å². The number of carbonyl (C=O) groups is 1. The largest absolute Gasteiger partial charge is 0.876 e. The molecular formula is C6H8F3O2-. The monoisotopic (exact) mass is 169 g/mol. The smallest absolute Gasteiger partial charge is 0.449 e. The molecule has 0 saturated carbocycles. The molecule has 0 N–H and O–H groups in total. The summed E-state index contributed by atoms with van der Waals surface area (Å²) in [6.07, 6.45) is -4.64. The number of allylic oxidation sites excluding steroid dienone is 1. The van der Waals surface area contributed by atoms with Crippen LogP contribution in [-0.4, -0.2) is 12.0 Å². The molecule has 0 aliphatic carbocycles. The Balaban J connectivity index is 0. The highest BCUT2D eigenvalue weighted by molar-refractivity contribution is 5.81. The molecule has 0 aromatic carbocycles. The number of rotatable bonds is 0. The van der Waals surface area contributed by atoms with Crippen LogP contribution in [0.15, 0.2) is 12.3 Å². The second-order valence-corrected chi connectivity index (χ2v) is 1.76. The molecule has 5 heteroatoms. The quantitative estimate of drug-likeness (QED) is 0.508. The van der Waals surface area contributed by atoms with Gasteiger partial charge >= 0.3 is 6.18 Å². The lowest BCUT2D eigenvalue weighted by Gasteiger charge is -1.95. The van der Waals surface area contributed by atoms with E-state index in [4.69, 9.17) is 0 Å². The lowest BCUT2D eigenvalue weighted by molar-refractivity contribution is -0.300. The number of Topliss-reactive ketones (excluding diaryl/α,β-unsaturated/α-hetero) is 1. The Morgan fingerprint density at radius 1 is 1.36 bits per heavy atom. The highest BCUT2D eigenvalue weighted by Crippen LogP contribution is 2.14. The van der Waals surface area contributed by atoms with Gasteiger partial charge in [0.05, 0.1) is 0 Å². The van der Waals surface area contributed by atoms with Crippen molar-refractivity contribution in [3.8, 4) is 0 Å². The van der Waals surface area contributed by atoms with Gasteiger partial charge in [-0.15, -0.1) is 12.3 Å². The molecule has 0 rings (SSSR count). The van der Waals surface area contributed by atoms with Gasteiger partial charge in [-0.2, -0.15) is 13.2 Å². The molecule has 66 valence electrons. The van der Waals surface area contributed by atoms with Gasteiger partial charge in [0.15, 0.2) is 0 Å². The fourth-order valence-electron chi connectivity index (χ4n) is 0. The van der Waals surface area contributed by atoms with Gasteiger partial charge in [0.1, 0.15) is 0 Å². The zero-order chi connectivity index (χ0) is 9.65. The van der Waals surface area contributed by atoms with Crippen molar-refractivity contribution in [2.24, 2.45) is 0 Å². The first kappa shape index (κ1) is 12.7. The average molecular weight is 169 g/mol. The van der Waals surface area contributed by atoms with Gasteiger partial charge in [0.2, 0.25) is 5.78 Å². The SMILES string of the molecule is C=C(C)[O-].CC(=O)C(F)(F)F. The lowest BCUT2D eigenvalue weighted by Crippen LogP contribution is -2.18. The van der Waals surface area contributed by atoms with E-state index in [0.717, 1.165) is 0 Å². The maximum Gasteiger partial charge on any atom is 0.449 e. The van der Waals surface area contributed by atoms with Gasteiger partial charge in [0.25, 0.3) is 0 Å². The molecule has 0 heterocycles. The third-order valence-corrected chi connectivity index (χ3v) is 0.399. The van der Waals surface area contributed by atoms with E-state index in [-0.39, 0.29) is 5.76 Å². The number of alkyl halides is 3. The molecule has 11 heavy (non-hydrogen) atoms. The van der Waals surface area contributed by atoms with Crippen LogP contribution in [0.25, 0.3) is 0 Å².